The number of para-hydroxylation sites is 2. The number of carbonyl (C=O) groups is 1. The van der Waals surface area contributed by atoms with Crippen LogP contribution in [0.3, 0.4) is 0 Å². The van der Waals surface area contributed by atoms with E-state index in [2.05, 4.69) is 20.6 Å². The highest BCUT2D eigenvalue weighted by molar-refractivity contribution is 6.06. The molecule has 2 N–H and O–H groups in total. The quantitative estimate of drug-likeness (QED) is 0.475. The van der Waals surface area contributed by atoms with Crippen molar-refractivity contribution in [1.29, 1.82) is 0 Å². The number of anilines is 3. The van der Waals surface area contributed by atoms with Gasteiger partial charge in [0.25, 0.3) is 5.91 Å². The largest absolute Gasteiger partial charge is 0.455 e. The maximum Gasteiger partial charge on any atom is 0.259 e. The molecule has 6 heteroatoms. The number of pyridine rings is 2. The van der Waals surface area contributed by atoms with Crippen LogP contribution in [-0.2, 0) is 0 Å². The Morgan fingerprint density at radius 2 is 1.62 bits per heavy atom. The minimum absolute atomic E-state index is 0.282. The standard InChI is InChI=1S/C23H18N4O2/c28-23(20-10-4-5-11-21(20)29-19-9-6-14-24-16-19)27-18-12-13-22(25-15-18)26-17-7-2-1-3-8-17/h1-16H,(H,25,26)(H,27,28). The summed E-state index contributed by atoms with van der Waals surface area (Å²) in [6, 6.07) is 24.0. The summed E-state index contributed by atoms with van der Waals surface area (Å²) < 4.78 is 5.80. The van der Waals surface area contributed by atoms with Crippen LogP contribution in [0.15, 0.2) is 97.5 Å². The van der Waals surface area contributed by atoms with Crippen molar-refractivity contribution in [1.82, 2.24) is 9.97 Å². The number of carbonyl (C=O) groups excluding carboxylic acids is 1. The Morgan fingerprint density at radius 1 is 0.793 bits per heavy atom. The fraction of sp³-hybridized carbons (Fsp3) is 0. The first-order valence-electron chi connectivity index (χ1n) is 9.04. The number of ether oxygens (including phenoxy) is 1. The molecule has 0 radical (unpaired) electrons. The smallest absolute Gasteiger partial charge is 0.259 e. The summed E-state index contributed by atoms with van der Waals surface area (Å²) in [4.78, 5) is 21.1. The van der Waals surface area contributed by atoms with E-state index in [9.17, 15) is 4.79 Å². The molecule has 0 aliphatic carbocycles. The van der Waals surface area contributed by atoms with Gasteiger partial charge in [-0.25, -0.2) is 4.98 Å². The van der Waals surface area contributed by atoms with Crippen molar-refractivity contribution >= 4 is 23.1 Å². The van der Waals surface area contributed by atoms with E-state index in [0.717, 1.165) is 5.69 Å². The fourth-order valence-electron chi connectivity index (χ4n) is 2.69. The SMILES string of the molecule is O=C(Nc1ccc(Nc2ccccc2)nc1)c1ccccc1Oc1cccnc1. The van der Waals surface area contributed by atoms with Gasteiger partial charge in [-0.3, -0.25) is 9.78 Å². The van der Waals surface area contributed by atoms with Crippen molar-refractivity contribution in [3.05, 3.63) is 103 Å². The first-order valence-corrected chi connectivity index (χ1v) is 9.04. The van der Waals surface area contributed by atoms with Gasteiger partial charge in [0.1, 0.15) is 17.3 Å². The van der Waals surface area contributed by atoms with Crippen molar-refractivity contribution < 1.29 is 9.53 Å². The summed E-state index contributed by atoms with van der Waals surface area (Å²) in [5.41, 5.74) is 1.95. The van der Waals surface area contributed by atoms with Gasteiger partial charge >= 0.3 is 0 Å². The van der Waals surface area contributed by atoms with Gasteiger partial charge in [-0.2, -0.15) is 0 Å². The predicted octanol–water partition coefficient (Wildman–Crippen LogP) is 5.26. The van der Waals surface area contributed by atoms with Crippen LogP contribution in [0.5, 0.6) is 11.5 Å². The third-order valence-corrected chi connectivity index (χ3v) is 4.06. The second-order valence-corrected chi connectivity index (χ2v) is 6.16. The highest BCUT2D eigenvalue weighted by Gasteiger charge is 2.13. The molecule has 0 fully saturated rings. The van der Waals surface area contributed by atoms with Crippen molar-refractivity contribution in [3.63, 3.8) is 0 Å². The molecule has 2 aromatic carbocycles. The van der Waals surface area contributed by atoms with Gasteiger partial charge in [0.05, 0.1) is 23.6 Å². The maximum atomic E-state index is 12.8. The second-order valence-electron chi connectivity index (χ2n) is 6.16. The van der Waals surface area contributed by atoms with Crippen LogP contribution in [0.25, 0.3) is 0 Å². The number of nitrogens with zero attached hydrogens (tertiary/aromatic N) is 2. The lowest BCUT2D eigenvalue weighted by Gasteiger charge is -2.11. The van der Waals surface area contributed by atoms with Crippen LogP contribution < -0.4 is 15.4 Å². The molecule has 29 heavy (non-hydrogen) atoms. The molecular formula is C23H18N4O2. The van der Waals surface area contributed by atoms with Gasteiger partial charge < -0.3 is 15.4 Å². The monoisotopic (exact) mass is 382 g/mol. The molecule has 0 saturated carbocycles. The number of hydrogen-bond acceptors (Lipinski definition) is 5. The summed E-state index contributed by atoms with van der Waals surface area (Å²) in [7, 11) is 0. The number of benzene rings is 2. The summed E-state index contributed by atoms with van der Waals surface area (Å²) >= 11 is 0. The Balaban J connectivity index is 1.46. The predicted molar refractivity (Wildman–Crippen MR) is 113 cm³/mol. The van der Waals surface area contributed by atoms with Crippen LogP contribution >= 0.6 is 0 Å². The van der Waals surface area contributed by atoms with Gasteiger partial charge in [-0.15, -0.1) is 0 Å². The molecule has 1 amide bonds. The average Bonchev–Trinajstić information content (AvgIpc) is 2.77. The van der Waals surface area contributed by atoms with Crippen LogP contribution in [-0.4, -0.2) is 15.9 Å². The molecule has 0 unspecified atom stereocenters. The normalized spacial score (nSPS) is 10.2. The second kappa shape index (κ2) is 8.67. The van der Waals surface area contributed by atoms with Crippen molar-refractivity contribution in [2.45, 2.75) is 0 Å². The lowest BCUT2D eigenvalue weighted by Crippen LogP contribution is -2.13. The first-order chi connectivity index (χ1) is 14.3. The number of nitrogens with one attached hydrogen (secondary N) is 2. The molecule has 142 valence electrons. The summed E-state index contributed by atoms with van der Waals surface area (Å²) in [5, 5.41) is 6.05. The lowest BCUT2D eigenvalue weighted by atomic mass is 10.2. The Labute approximate surface area is 168 Å². The summed E-state index contributed by atoms with van der Waals surface area (Å²) in [5.74, 6) is 1.42. The molecule has 0 saturated heterocycles. The maximum absolute atomic E-state index is 12.8. The van der Waals surface area contributed by atoms with Gasteiger partial charge in [0, 0.05) is 11.9 Å². The molecule has 2 aromatic heterocycles. The molecule has 0 bridgehead atoms. The molecule has 0 aliphatic heterocycles. The van der Waals surface area contributed by atoms with Crippen LogP contribution in [0.1, 0.15) is 10.4 Å². The number of rotatable bonds is 6. The van der Waals surface area contributed by atoms with Gasteiger partial charge in [0.2, 0.25) is 0 Å². The van der Waals surface area contributed by atoms with E-state index in [1.807, 2.05) is 36.4 Å². The molecule has 0 atom stereocenters. The zero-order valence-corrected chi connectivity index (χ0v) is 15.4. The minimum Gasteiger partial charge on any atom is -0.455 e. The van der Waals surface area contributed by atoms with Crippen LogP contribution in [0, 0.1) is 0 Å². The minimum atomic E-state index is -0.282. The van der Waals surface area contributed by atoms with Gasteiger partial charge in [0.15, 0.2) is 0 Å². The van der Waals surface area contributed by atoms with Crippen LogP contribution in [0.4, 0.5) is 17.2 Å². The van der Waals surface area contributed by atoms with Crippen LogP contribution in [0.2, 0.25) is 0 Å². The van der Waals surface area contributed by atoms with Gasteiger partial charge in [-0.05, 0) is 48.5 Å². The molecule has 2 heterocycles. The molecule has 0 spiro atoms. The van der Waals surface area contributed by atoms with E-state index in [0.29, 0.717) is 28.6 Å². The number of amides is 1. The van der Waals surface area contributed by atoms with Crippen molar-refractivity contribution in [3.8, 4) is 11.5 Å². The lowest BCUT2D eigenvalue weighted by molar-refractivity contribution is 0.102. The van der Waals surface area contributed by atoms with E-state index < -0.39 is 0 Å². The van der Waals surface area contributed by atoms with E-state index in [1.165, 1.54) is 0 Å². The Kier molecular flexibility index (Phi) is 5.43. The summed E-state index contributed by atoms with van der Waals surface area (Å²) in [6.07, 6.45) is 4.86. The average molecular weight is 382 g/mol. The highest BCUT2D eigenvalue weighted by Crippen LogP contribution is 2.25. The zero-order valence-electron chi connectivity index (χ0n) is 15.4. The van der Waals surface area contributed by atoms with E-state index >= 15 is 0 Å². The molecule has 6 nitrogen and oxygen atoms in total. The first kappa shape index (κ1) is 18.2. The number of aromatic nitrogens is 2. The summed E-state index contributed by atoms with van der Waals surface area (Å²) in [6.45, 7) is 0. The van der Waals surface area contributed by atoms with E-state index in [1.54, 1.807) is 61.1 Å². The molecule has 4 rings (SSSR count). The third kappa shape index (κ3) is 4.75. The topological polar surface area (TPSA) is 76.1 Å². The van der Waals surface area contributed by atoms with Crippen molar-refractivity contribution in [2.75, 3.05) is 10.6 Å². The Bertz CT molecular complexity index is 1080. The molecule has 4 aromatic rings. The number of hydrogen-bond donors (Lipinski definition) is 2. The molecule has 0 aliphatic rings. The Morgan fingerprint density at radius 3 is 2.38 bits per heavy atom. The molecular weight excluding hydrogens is 364 g/mol. The fourth-order valence-corrected chi connectivity index (χ4v) is 2.69. The van der Waals surface area contributed by atoms with E-state index in [4.69, 9.17) is 4.74 Å². The Hall–Kier alpha value is -4.19. The highest BCUT2D eigenvalue weighted by atomic mass is 16.5. The third-order valence-electron chi connectivity index (χ3n) is 4.06. The zero-order chi connectivity index (χ0) is 19.9. The van der Waals surface area contributed by atoms with E-state index in [-0.39, 0.29) is 5.91 Å². The van der Waals surface area contributed by atoms with Crippen molar-refractivity contribution in [2.24, 2.45) is 0 Å². The van der Waals surface area contributed by atoms with Gasteiger partial charge in [-0.1, -0.05) is 30.3 Å².